The average molecular weight is 960 g/mol. The van der Waals surface area contributed by atoms with Crippen LogP contribution < -0.4 is 31.9 Å². The van der Waals surface area contributed by atoms with Crippen molar-refractivity contribution < 1.29 is 57.5 Å². The summed E-state index contributed by atoms with van der Waals surface area (Å²) in [6.07, 6.45) is -3.01. The summed E-state index contributed by atoms with van der Waals surface area (Å²) in [5, 5.41) is 27.2. The van der Waals surface area contributed by atoms with Gasteiger partial charge in [-0.25, -0.2) is 28.8 Å². The van der Waals surface area contributed by atoms with Gasteiger partial charge in [0.05, 0.1) is 33.6 Å². The number of anilines is 4. The molecule has 69 heavy (non-hydrogen) atoms. The van der Waals surface area contributed by atoms with Gasteiger partial charge in [-0.15, -0.1) is 0 Å². The maximum atomic E-state index is 13.5. The first-order valence-electron chi connectivity index (χ1n) is 22.3. The third-order valence-corrected chi connectivity index (χ3v) is 10.5. The summed E-state index contributed by atoms with van der Waals surface area (Å²) in [4.78, 5) is 91.8. The van der Waals surface area contributed by atoms with E-state index in [-0.39, 0.29) is 31.9 Å². The molecule has 0 saturated carbocycles. The van der Waals surface area contributed by atoms with Crippen LogP contribution in [-0.4, -0.2) is 73.5 Å². The molecule has 3 aromatic carbocycles. The molecule has 0 bridgehead atoms. The molecular formula is C48H65N9O12. The lowest BCUT2D eigenvalue weighted by atomic mass is 9.88. The number of amides is 6. The summed E-state index contributed by atoms with van der Waals surface area (Å²) in [5.74, 6) is 0. The highest BCUT2D eigenvalue weighted by Crippen LogP contribution is 2.28. The second kappa shape index (κ2) is 26.6. The normalized spacial score (nSPS) is 12.8. The number of benzene rings is 3. The second-order valence-corrected chi connectivity index (χ2v) is 17.0. The first kappa shape index (κ1) is 55.6. The third-order valence-electron chi connectivity index (χ3n) is 10.5. The number of nitrogens with one attached hydrogen (secondary N) is 6. The summed E-state index contributed by atoms with van der Waals surface area (Å²) < 4.78 is 17.2. The Morgan fingerprint density at radius 1 is 0.449 bits per heavy atom. The molecule has 0 aromatic heterocycles. The van der Waals surface area contributed by atoms with E-state index in [4.69, 9.17) is 28.7 Å². The first-order chi connectivity index (χ1) is 32.6. The maximum Gasteiger partial charge on any atom is 0.437 e. The van der Waals surface area contributed by atoms with Crippen molar-refractivity contribution in [2.24, 2.45) is 20.9 Å². The van der Waals surface area contributed by atoms with E-state index in [9.17, 15) is 28.8 Å². The molecule has 0 saturated heterocycles. The molecule has 21 heteroatoms. The summed E-state index contributed by atoms with van der Waals surface area (Å²) in [5.41, 5.74) is 1.05. The summed E-state index contributed by atoms with van der Waals surface area (Å²) in [6.45, 7) is 18.3. The molecule has 0 aliphatic carbocycles. The smallest absolute Gasteiger partial charge is 0.437 e. The van der Waals surface area contributed by atoms with Crippen molar-refractivity contribution in [2.45, 2.75) is 113 Å². The molecule has 3 aromatic rings. The quantitative estimate of drug-likeness (QED) is 0.0252. The summed E-state index contributed by atoms with van der Waals surface area (Å²) >= 11 is 0. The largest absolute Gasteiger partial charge is 0.449 e. The molecule has 0 fully saturated rings. The lowest BCUT2D eigenvalue weighted by molar-refractivity contribution is -0.0174. The van der Waals surface area contributed by atoms with E-state index < -0.39 is 53.1 Å². The minimum absolute atomic E-state index is 0.187. The highest BCUT2D eigenvalue weighted by Gasteiger charge is 2.36. The molecule has 0 aliphatic heterocycles. The van der Waals surface area contributed by atoms with E-state index in [1.807, 2.05) is 20.8 Å². The van der Waals surface area contributed by atoms with Crippen LogP contribution in [0.25, 0.3) is 0 Å². The van der Waals surface area contributed by atoms with Crippen LogP contribution in [0.5, 0.6) is 0 Å². The van der Waals surface area contributed by atoms with Crippen molar-refractivity contribution in [3.05, 3.63) is 83.9 Å². The molecule has 3 rings (SSSR count). The topological polar surface area (TPSA) is 267 Å². The Balaban J connectivity index is 1.77. The van der Waals surface area contributed by atoms with Gasteiger partial charge in [0, 0.05) is 22.7 Å². The Labute approximate surface area is 402 Å². The van der Waals surface area contributed by atoms with Crippen molar-refractivity contribution in [2.75, 3.05) is 41.1 Å². The van der Waals surface area contributed by atoms with Crippen LogP contribution >= 0.6 is 0 Å². The molecule has 0 aliphatic rings. The van der Waals surface area contributed by atoms with Gasteiger partial charge in [0.15, 0.2) is 0 Å². The van der Waals surface area contributed by atoms with Crippen LogP contribution in [0.4, 0.5) is 51.5 Å². The Kier molecular flexibility index (Phi) is 21.4. The predicted octanol–water partition coefficient (Wildman–Crippen LogP) is 11.0. The molecule has 6 N–H and O–H groups in total. The number of oxime groups is 3. The molecule has 1 unspecified atom stereocenters. The minimum Gasteiger partial charge on any atom is -0.449 e. The van der Waals surface area contributed by atoms with Gasteiger partial charge in [0.25, 0.3) is 0 Å². The Hall–Kier alpha value is -7.71. The van der Waals surface area contributed by atoms with E-state index in [1.54, 1.807) is 122 Å². The SMILES string of the molecule is CC/C(C)=N\OC(=O)Nc1cccc(C(C)(C)NC(=O)OCC(CC)(COC(=O)Nc2cccc(NC(=O)O/N=C(\C)CC)c2)COC(=O)NC(C)(C)c2cccc(NC(=O)O/N=C(\C)CC)c2)c1. The zero-order valence-corrected chi connectivity index (χ0v) is 41.1. The van der Waals surface area contributed by atoms with E-state index in [0.717, 1.165) is 0 Å². The van der Waals surface area contributed by atoms with Crippen LogP contribution in [-0.2, 0) is 39.8 Å². The van der Waals surface area contributed by atoms with Crippen molar-refractivity contribution in [3.8, 4) is 0 Å². The van der Waals surface area contributed by atoms with Crippen molar-refractivity contribution in [3.63, 3.8) is 0 Å². The highest BCUT2D eigenvalue weighted by molar-refractivity contribution is 5.90. The van der Waals surface area contributed by atoms with Crippen molar-refractivity contribution in [1.82, 2.24) is 10.6 Å². The molecule has 6 amide bonds. The van der Waals surface area contributed by atoms with Crippen LogP contribution in [0.2, 0.25) is 0 Å². The van der Waals surface area contributed by atoms with Gasteiger partial charge in [0.2, 0.25) is 0 Å². The predicted molar refractivity (Wildman–Crippen MR) is 263 cm³/mol. The molecule has 1 atom stereocenters. The zero-order chi connectivity index (χ0) is 51.2. The number of hydrogen-bond acceptors (Lipinski definition) is 15. The van der Waals surface area contributed by atoms with Gasteiger partial charge < -0.3 is 24.8 Å². The molecule has 0 radical (unpaired) electrons. The maximum absolute atomic E-state index is 13.5. The third kappa shape index (κ3) is 19.6. The van der Waals surface area contributed by atoms with E-state index in [1.165, 1.54) is 6.07 Å². The fourth-order valence-electron chi connectivity index (χ4n) is 5.59. The number of ether oxygens (including phenoxy) is 3. The fraction of sp³-hybridized carbons (Fsp3) is 0.438. The number of nitrogens with zero attached hydrogens (tertiary/aromatic N) is 3. The summed E-state index contributed by atoms with van der Waals surface area (Å²) in [6, 6.07) is 19.7. The van der Waals surface area contributed by atoms with Crippen LogP contribution in [0.1, 0.15) is 113 Å². The molecule has 0 heterocycles. The first-order valence-corrected chi connectivity index (χ1v) is 22.3. The zero-order valence-electron chi connectivity index (χ0n) is 41.1. The Morgan fingerprint density at radius 2 is 0.754 bits per heavy atom. The van der Waals surface area contributed by atoms with Gasteiger partial charge >= 0.3 is 36.6 Å². The van der Waals surface area contributed by atoms with Gasteiger partial charge in [-0.2, -0.15) is 0 Å². The Bertz CT molecular complexity index is 2250. The monoisotopic (exact) mass is 959 g/mol. The van der Waals surface area contributed by atoms with Crippen LogP contribution in [0.3, 0.4) is 0 Å². The fourth-order valence-corrected chi connectivity index (χ4v) is 5.59. The summed E-state index contributed by atoms with van der Waals surface area (Å²) in [7, 11) is 0. The molecule has 21 nitrogen and oxygen atoms in total. The van der Waals surface area contributed by atoms with E-state index in [2.05, 4.69) is 47.4 Å². The molecular weight excluding hydrogens is 895 g/mol. The van der Waals surface area contributed by atoms with Crippen LogP contribution in [0.15, 0.2) is 88.3 Å². The average Bonchev–Trinajstić information content (AvgIpc) is 3.31. The number of carbonyl (C=O) groups excluding carboxylic acids is 6. The number of rotatable bonds is 21. The van der Waals surface area contributed by atoms with Crippen molar-refractivity contribution in [1.29, 1.82) is 0 Å². The van der Waals surface area contributed by atoms with Crippen LogP contribution in [0, 0.1) is 5.41 Å². The Morgan fingerprint density at radius 3 is 1.09 bits per heavy atom. The number of alkyl carbamates (subject to hydrolysis) is 2. The standard InChI is InChI=1S/C48H65N9O12/c1-12-31(5)55-67-41(59)50-36-21-16-19-34(25-36)46(8,9)53-44(62)65-29-48(15-4,28-64-40(58)49-38-23-18-24-39(27-38)52-43(61)69-57-33(7)14-3)30-66-45(63)54-47(10,11)35-20-17-22-37(26-35)51-42(60)68-56-32(6)13-2/h16-27H,12-15,28-30H2,1-11H3,(H,49,58)(H,50,59)(H,51,60)(H,52,61)(H,53,62)(H,54,63)/b55-31-,56-32+,57-33+. The van der Waals surface area contributed by atoms with Gasteiger partial charge in [-0.05, 0) is 128 Å². The van der Waals surface area contributed by atoms with Gasteiger partial charge in [0.1, 0.15) is 19.8 Å². The highest BCUT2D eigenvalue weighted by atomic mass is 16.7. The minimum atomic E-state index is -1.28. The van der Waals surface area contributed by atoms with Crippen molar-refractivity contribution >= 4 is 76.4 Å². The lowest BCUT2D eigenvalue weighted by Gasteiger charge is -2.33. The van der Waals surface area contributed by atoms with Gasteiger partial charge in [-0.1, -0.05) is 73.5 Å². The molecule has 374 valence electrons. The van der Waals surface area contributed by atoms with E-state index in [0.29, 0.717) is 64.6 Å². The number of hydrogen-bond donors (Lipinski definition) is 6. The van der Waals surface area contributed by atoms with Gasteiger partial charge in [-0.3, -0.25) is 35.8 Å². The number of carbonyl (C=O) groups is 6. The lowest BCUT2D eigenvalue weighted by Crippen LogP contribution is -2.46. The van der Waals surface area contributed by atoms with E-state index >= 15 is 0 Å². The molecule has 0 spiro atoms. The second-order valence-electron chi connectivity index (χ2n) is 17.0.